The number of fused-ring (bicyclic) bond motifs is 1. The zero-order chi connectivity index (χ0) is 21.3. The van der Waals surface area contributed by atoms with Crippen molar-refractivity contribution in [2.24, 2.45) is 0 Å². The van der Waals surface area contributed by atoms with E-state index in [-0.39, 0.29) is 10.8 Å². The molecule has 3 rings (SSSR count). The second-order valence-electron chi connectivity index (χ2n) is 7.55. The lowest BCUT2D eigenvalue weighted by molar-refractivity contribution is 0.0785. The second kappa shape index (κ2) is 7.97. The zero-order valence-electron chi connectivity index (χ0n) is 17.4. The number of carbonyl (C=O) groups excluding carboxylic acids is 1. The highest BCUT2D eigenvalue weighted by molar-refractivity contribution is 7.89. The molecule has 0 spiro atoms. The number of sulfonamides is 1. The summed E-state index contributed by atoms with van der Waals surface area (Å²) in [5.41, 5.74) is 2.82. The van der Waals surface area contributed by atoms with Crippen LogP contribution in [0.3, 0.4) is 0 Å². The minimum absolute atomic E-state index is 0.171. The van der Waals surface area contributed by atoms with Crippen LogP contribution in [0.5, 0.6) is 0 Å². The predicted molar refractivity (Wildman–Crippen MR) is 117 cm³/mol. The van der Waals surface area contributed by atoms with Crippen LogP contribution in [0.2, 0.25) is 0 Å². The van der Waals surface area contributed by atoms with Gasteiger partial charge < -0.3 is 4.90 Å². The first-order chi connectivity index (χ1) is 13.6. The molecule has 0 aromatic heterocycles. The Kier molecular flexibility index (Phi) is 5.78. The molecule has 0 unspecified atom stereocenters. The van der Waals surface area contributed by atoms with Crippen molar-refractivity contribution in [3.8, 4) is 0 Å². The summed E-state index contributed by atoms with van der Waals surface area (Å²) in [4.78, 5) is 14.8. The van der Waals surface area contributed by atoms with E-state index in [0.29, 0.717) is 17.7 Å². The van der Waals surface area contributed by atoms with Gasteiger partial charge in [-0.3, -0.25) is 4.79 Å². The van der Waals surface area contributed by atoms with Gasteiger partial charge in [0.05, 0.1) is 4.90 Å². The van der Waals surface area contributed by atoms with Crippen molar-refractivity contribution in [3.63, 3.8) is 0 Å². The highest BCUT2D eigenvalue weighted by Gasteiger charge is 2.24. The van der Waals surface area contributed by atoms with Gasteiger partial charge in [-0.15, -0.1) is 0 Å². The van der Waals surface area contributed by atoms with Crippen LogP contribution in [0.1, 0.15) is 27.0 Å². The lowest BCUT2D eigenvalue weighted by Gasteiger charge is -2.20. The molecule has 5 nitrogen and oxygen atoms in total. The Morgan fingerprint density at radius 3 is 2.21 bits per heavy atom. The van der Waals surface area contributed by atoms with Gasteiger partial charge in [0.2, 0.25) is 10.0 Å². The van der Waals surface area contributed by atoms with Crippen molar-refractivity contribution in [1.29, 1.82) is 0 Å². The Hall–Kier alpha value is -2.70. The standard InChI is InChI=1S/C23H26N2O3S/c1-16-12-21(14-22(17(16)2)29(27,28)24(3)4)23(26)25(5)15-18-10-11-19-8-6-7-9-20(19)13-18/h6-14H,15H2,1-5H3. The number of amides is 1. The summed E-state index contributed by atoms with van der Waals surface area (Å²) in [6, 6.07) is 17.4. The minimum Gasteiger partial charge on any atom is -0.337 e. The lowest BCUT2D eigenvalue weighted by Crippen LogP contribution is -2.28. The van der Waals surface area contributed by atoms with Crippen LogP contribution >= 0.6 is 0 Å². The van der Waals surface area contributed by atoms with E-state index < -0.39 is 10.0 Å². The van der Waals surface area contributed by atoms with Crippen LogP contribution in [0.25, 0.3) is 10.8 Å². The molecule has 0 fully saturated rings. The SMILES string of the molecule is Cc1cc(C(=O)N(C)Cc2ccc3ccccc3c2)cc(S(=O)(=O)N(C)C)c1C. The Morgan fingerprint density at radius 2 is 1.55 bits per heavy atom. The third-order valence-electron chi connectivity index (χ3n) is 5.21. The number of carbonyl (C=O) groups is 1. The van der Waals surface area contributed by atoms with Crippen LogP contribution in [0.15, 0.2) is 59.5 Å². The molecule has 0 radical (unpaired) electrons. The molecule has 0 aliphatic heterocycles. The Labute approximate surface area is 172 Å². The number of hydrogen-bond acceptors (Lipinski definition) is 3. The van der Waals surface area contributed by atoms with E-state index in [2.05, 4.69) is 12.1 Å². The first-order valence-corrected chi connectivity index (χ1v) is 10.8. The van der Waals surface area contributed by atoms with Gasteiger partial charge in [0, 0.05) is 33.3 Å². The maximum Gasteiger partial charge on any atom is 0.253 e. The fourth-order valence-electron chi connectivity index (χ4n) is 3.32. The molecule has 152 valence electrons. The van der Waals surface area contributed by atoms with Crippen LogP contribution in [0.4, 0.5) is 0 Å². The predicted octanol–water partition coefficient (Wildman–Crippen LogP) is 3.98. The minimum atomic E-state index is -3.63. The Morgan fingerprint density at radius 1 is 0.897 bits per heavy atom. The molecular formula is C23H26N2O3S. The molecule has 0 saturated carbocycles. The molecule has 3 aromatic carbocycles. The molecule has 6 heteroatoms. The van der Waals surface area contributed by atoms with Gasteiger partial charge in [-0.05, 0) is 59.5 Å². The van der Waals surface area contributed by atoms with Gasteiger partial charge in [-0.1, -0.05) is 36.4 Å². The molecule has 3 aromatic rings. The van der Waals surface area contributed by atoms with Crippen LogP contribution in [-0.2, 0) is 16.6 Å². The number of aryl methyl sites for hydroxylation is 1. The number of hydrogen-bond donors (Lipinski definition) is 0. The summed E-state index contributed by atoms with van der Waals surface area (Å²) in [6.45, 7) is 4.02. The van der Waals surface area contributed by atoms with E-state index in [4.69, 9.17) is 0 Å². The molecule has 0 N–H and O–H groups in total. The zero-order valence-corrected chi connectivity index (χ0v) is 18.2. The number of rotatable bonds is 5. The third-order valence-corrected chi connectivity index (χ3v) is 7.15. The molecule has 29 heavy (non-hydrogen) atoms. The quantitative estimate of drug-likeness (QED) is 0.639. The first kappa shape index (κ1) is 21.0. The summed E-state index contributed by atoms with van der Waals surface area (Å²) >= 11 is 0. The molecule has 0 aliphatic rings. The fourth-order valence-corrected chi connectivity index (χ4v) is 4.54. The number of benzene rings is 3. The molecule has 0 bridgehead atoms. The monoisotopic (exact) mass is 410 g/mol. The molecule has 0 atom stereocenters. The van der Waals surface area contributed by atoms with Gasteiger partial charge in [0.15, 0.2) is 0 Å². The van der Waals surface area contributed by atoms with E-state index in [1.165, 1.54) is 24.5 Å². The molecular weight excluding hydrogens is 384 g/mol. The third kappa shape index (κ3) is 4.18. The van der Waals surface area contributed by atoms with Gasteiger partial charge in [0.25, 0.3) is 5.91 Å². The fraction of sp³-hybridized carbons (Fsp3) is 0.261. The van der Waals surface area contributed by atoms with Gasteiger partial charge in [0.1, 0.15) is 0 Å². The Bertz CT molecular complexity index is 1180. The first-order valence-electron chi connectivity index (χ1n) is 9.38. The smallest absolute Gasteiger partial charge is 0.253 e. The summed E-state index contributed by atoms with van der Waals surface area (Å²) in [5, 5.41) is 2.27. The van der Waals surface area contributed by atoms with E-state index in [1.807, 2.05) is 37.3 Å². The normalized spacial score (nSPS) is 11.8. The summed E-state index contributed by atoms with van der Waals surface area (Å²) in [7, 11) is 1.08. The molecule has 0 aliphatic carbocycles. The summed E-state index contributed by atoms with van der Waals surface area (Å²) in [6.07, 6.45) is 0. The molecule has 1 amide bonds. The average molecular weight is 411 g/mol. The second-order valence-corrected chi connectivity index (χ2v) is 9.67. The van der Waals surface area contributed by atoms with Crippen LogP contribution in [0, 0.1) is 13.8 Å². The average Bonchev–Trinajstić information content (AvgIpc) is 2.68. The summed E-state index contributed by atoms with van der Waals surface area (Å²) < 4.78 is 26.5. The van der Waals surface area contributed by atoms with Crippen LogP contribution < -0.4 is 0 Å². The van der Waals surface area contributed by atoms with Crippen molar-refractivity contribution in [2.45, 2.75) is 25.3 Å². The highest BCUT2D eigenvalue weighted by Crippen LogP contribution is 2.24. The van der Waals surface area contributed by atoms with Crippen molar-refractivity contribution in [2.75, 3.05) is 21.1 Å². The maximum atomic E-state index is 13.0. The van der Waals surface area contributed by atoms with Crippen molar-refractivity contribution in [3.05, 3.63) is 76.9 Å². The van der Waals surface area contributed by atoms with Gasteiger partial charge in [-0.2, -0.15) is 0 Å². The van der Waals surface area contributed by atoms with Gasteiger partial charge in [-0.25, -0.2) is 12.7 Å². The largest absolute Gasteiger partial charge is 0.337 e. The van der Waals surface area contributed by atoms with E-state index in [9.17, 15) is 13.2 Å². The topological polar surface area (TPSA) is 57.7 Å². The number of nitrogens with zero attached hydrogens (tertiary/aromatic N) is 2. The van der Waals surface area contributed by atoms with E-state index >= 15 is 0 Å². The van der Waals surface area contributed by atoms with E-state index in [0.717, 1.165) is 21.9 Å². The molecule has 0 saturated heterocycles. The maximum absolute atomic E-state index is 13.0. The van der Waals surface area contributed by atoms with Crippen molar-refractivity contribution < 1.29 is 13.2 Å². The van der Waals surface area contributed by atoms with Gasteiger partial charge >= 0.3 is 0 Å². The van der Waals surface area contributed by atoms with Crippen molar-refractivity contribution >= 4 is 26.7 Å². The summed E-state index contributed by atoms with van der Waals surface area (Å²) in [5.74, 6) is -0.212. The Balaban J connectivity index is 1.91. The van der Waals surface area contributed by atoms with Crippen LogP contribution in [-0.4, -0.2) is 44.7 Å². The highest BCUT2D eigenvalue weighted by atomic mass is 32.2. The molecule has 0 heterocycles. The lowest BCUT2D eigenvalue weighted by atomic mass is 10.0. The van der Waals surface area contributed by atoms with Crippen molar-refractivity contribution in [1.82, 2.24) is 9.21 Å². The van der Waals surface area contributed by atoms with E-state index in [1.54, 1.807) is 24.9 Å².